The van der Waals surface area contributed by atoms with Crippen LogP contribution in [0.3, 0.4) is 0 Å². The number of nitrogens with zero attached hydrogens (tertiary/aromatic N) is 2. The summed E-state index contributed by atoms with van der Waals surface area (Å²) in [5.41, 5.74) is 1.88. The number of rotatable bonds is 6. The van der Waals surface area contributed by atoms with E-state index < -0.39 is 0 Å². The summed E-state index contributed by atoms with van der Waals surface area (Å²) in [6.45, 7) is 1.13. The lowest BCUT2D eigenvalue weighted by Crippen LogP contribution is -2.25. The topological polar surface area (TPSA) is 33.2 Å². The van der Waals surface area contributed by atoms with E-state index in [1.54, 1.807) is 18.0 Å². The second kappa shape index (κ2) is 7.22. The molecule has 0 aliphatic carbocycles. The number of ketones is 1. The smallest absolute Gasteiger partial charge is 0.176 e. The predicted molar refractivity (Wildman–Crippen MR) is 83.1 cm³/mol. The van der Waals surface area contributed by atoms with Crippen LogP contribution >= 0.6 is 11.8 Å². The Morgan fingerprint density at radius 3 is 2.60 bits per heavy atom. The van der Waals surface area contributed by atoms with Crippen molar-refractivity contribution < 1.29 is 4.79 Å². The van der Waals surface area contributed by atoms with Gasteiger partial charge in [-0.25, -0.2) is 0 Å². The van der Waals surface area contributed by atoms with E-state index in [2.05, 4.69) is 4.98 Å². The Kier molecular flexibility index (Phi) is 5.32. The van der Waals surface area contributed by atoms with Crippen LogP contribution in [0.25, 0.3) is 0 Å². The van der Waals surface area contributed by atoms with Gasteiger partial charge in [0.15, 0.2) is 5.78 Å². The molecule has 0 N–H and O–H groups in total. The third-order valence-electron chi connectivity index (χ3n) is 3.00. The van der Waals surface area contributed by atoms with Crippen molar-refractivity contribution in [1.82, 2.24) is 9.88 Å². The summed E-state index contributed by atoms with van der Waals surface area (Å²) in [7, 11) is 1.95. The van der Waals surface area contributed by atoms with Gasteiger partial charge in [-0.1, -0.05) is 18.2 Å². The summed E-state index contributed by atoms with van der Waals surface area (Å²) in [6, 6.07) is 11.7. The number of aromatic nitrogens is 1. The molecule has 0 radical (unpaired) electrons. The van der Waals surface area contributed by atoms with E-state index in [4.69, 9.17) is 0 Å². The third kappa shape index (κ3) is 4.18. The van der Waals surface area contributed by atoms with Crippen molar-refractivity contribution in [3.63, 3.8) is 0 Å². The van der Waals surface area contributed by atoms with E-state index >= 15 is 0 Å². The van der Waals surface area contributed by atoms with Gasteiger partial charge in [0.2, 0.25) is 0 Å². The molecule has 0 amide bonds. The fraction of sp³-hybridized carbons (Fsp3) is 0.250. The van der Waals surface area contributed by atoms with Gasteiger partial charge in [-0.2, -0.15) is 0 Å². The van der Waals surface area contributed by atoms with Crippen LogP contribution in [0.1, 0.15) is 15.9 Å². The Morgan fingerprint density at radius 2 is 2.00 bits per heavy atom. The Hall–Kier alpha value is -1.65. The molecule has 1 aromatic heterocycles. The fourth-order valence-corrected chi connectivity index (χ4v) is 2.38. The number of hydrogen-bond acceptors (Lipinski definition) is 4. The molecule has 0 aliphatic rings. The fourth-order valence-electron chi connectivity index (χ4n) is 1.97. The number of hydrogen-bond donors (Lipinski definition) is 0. The lowest BCUT2D eigenvalue weighted by atomic mass is 10.1. The monoisotopic (exact) mass is 286 g/mol. The van der Waals surface area contributed by atoms with Crippen LogP contribution in [0.2, 0.25) is 0 Å². The van der Waals surface area contributed by atoms with Gasteiger partial charge in [0.25, 0.3) is 0 Å². The zero-order chi connectivity index (χ0) is 14.4. The highest BCUT2D eigenvalue weighted by Gasteiger charge is 2.09. The molecule has 0 saturated heterocycles. The lowest BCUT2D eigenvalue weighted by molar-refractivity contribution is 0.0943. The van der Waals surface area contributed by atoms with Crippen LogP contribution in [0.5, 0.6) is 0 Å². The molecule has 104 valence electrons. The molecular weight excluding hydrogens is 268 g/mol. The predicted octanol–water partition coefficient (Wildman–Crippen LogP) is 3.12. The maximum Gasteiger partial charge on any atom is 0.176 e. The van der Waals surface area contributed by atoms with Gasteiger partial charge < -0.3 is 0 Å². The Bertz CT molecular complexity index is 554. The first kappa shape index (κ1) is 14.8. The normalized spacial score (nSPS) is 10.8. The highest BCUT2D eigenvalue weighted by molar-refractivity contribution is 7.98. The number of Topliss-reactive ketones (excluding diaryl/α,β-unsaturated/α-hetero) is 1. The minimum atomic E-state index is 0.143. The number of thioether (sulfide) groups is 1. The molecule has 20 heavy (non-hydrogen) atoms. The molecule has 0 bridgehead atoms. The lowest BCUT2D eigenvalue weighted by Gasteiger charge is -2.15. The summed E-state index contributed by atoms with van der Waals surface area (Å²) in [4.78, 5) is 19.4. The van der Waals surface area contributed by atoms with Crippen molar-refractivity contribution in [3.8, 4) is 0 Å². The zero-order valence-electron chi connectivity index (χ0n) is 11.7. The molecule has 0 atom stereocenters. The van der Waals surface area contributed by atoms with E-state index in [0.29, 0.717) is 6.54 Å². The van der Waals surface area contributed by atoms with Gasteiger partial charge in [-0.05, 0) is 37.1 Å². The van der Waals surface area contributed by atoms with Crippen molar-refractivity contribution in [1.29, 1.82) is 0 Å². The van der Waals surface area contributed by atoms with Gasteiger partial charge in [-0.15, -0.1) is 11.8 Å². The van der Waals surface area contributed by atoms with E-state index in [1.165, 1.54) is 4.90 Å². The Morgan fingerprint density at radius 1 is 1.25 bits per heavy atom. The van der Waals surface area contributed by atoms with Crippen LogP contribution in [-0.4, -0.2) is 35.5 Å². The third-order valence-corrected chi connectivity index (χ3v) is 3.74. The minimum Gasteiger partial charge on any atom is -0.295 e. The summed E-state index contributed by atoms with van der Waals surface area (Å²) in [5, 5.41) is 0. The van der Waals surface area contributed by atoms with Crippen LogP contribution in [0.4, 0.5) is 0 Å². The SMILES string of the molecule is CSc1ccc(C(=O)CN(C)Cc2cccnc2)cc1. The summed E-state index contributed by atoms with van der Waals surface area (Å²) in [6.07, 6.45) is 5.61. The highest BCUT2D eigenvalue weighted by atomic mass is 32.2. The van der Waals surface area contributed by atoms with Crippen molar-refractivity contribution >= 4 is 17.5 Å². The first-order chi connectivity index (χ1) is 9.69. The molecule has 4 heteroatoms. The quantitative estimate of drug-likeness (QED) is 0.603. The maximum atomic E-state index is 12.2. The number of carbonyl (C=O) groups is 1. The van der Waals surface area contributed by atoms with Gasteiger partial charge in [0.05, 0.1) is 6.54 Å². The van der Waals surface area contributed by atoms with Crippen molar-refractivity contribution in [2.45, 2.75) is 11.4 Å². The second-order valence-corrected chi connectivity index (χ2v) is 5.56. The first-order valence-electron chi connectivity index (χ1n) is 6.44. The molecule has 1 aromatic carbocycles. The second-order valence-electron chi connectivity index (χ2n) is 4.69. The van der Waals surface area contributed by atoms with E-state index in [9.17, 15) is 4.79 Å². The van der Waals surface area contributed by atoms with Crippen molar-refractivity contribution in [3.05, 3.63) is 59.9 Å². The van der Waals surface area contributed by atoms with Crippen LogP contribution in [0, 0.1) is 0 Å². The molecular formula is C16H18N2OS. The Balaban J connectivity index is 1.93. The van der Waals surface area contributed by atoms with Crippen LogP contribution in [-0.2, 0) is 6.54 Å². The highest BCUT2D eigenvalue weighted by Crippen LogP contribution is 2.15. The van der Waals surface area contributed by atoms with E-state index in [1.807, 2.05) is 60.8 Å². The average molecular weight is 286 g/mol. The molecule has 0 aliphatic heterocycles. The molecule has 0 spiro atoms. The van der Waals surface area contributed by atoms with Crippen LogP contribution in [0.15, 0.2) is 53.7 Å². The maximum absolute atomic E-state index is 12.2. The summed E-state index contributed by atoms with van der Waals surface area (Å²) < 4.78 is 0. The Labute approximate surface area is 124 Å². The van der Waals surface area contributed by atoms with Gasteiger partial charge >= 0.3 is 0 Å². The molecule has 2 rings (SSSR count). The molecule has 1 heterocycles. The number of benzene rings is 1. The number of likely N-dealkylation sites (N-methyl/N-ethyl adjacent to an activating group) is 1. The molecule has 0 fully saturated rings. The molecule has 0 unspecified atom stereocenters. The molecule has 3 nitrogen and oxygen atoms in total. The van der Waals surface area contributed by atoms with Gasteiger partial charge in [0, 0.05) is 29.4 Å². The summed E-state index contributed by atoms with van der Waals surface area (Å²) >= 11 is 1.68. The first-order valence-corrected chi connectivity index (χ1v) is 7.66. The van der Waals surface area contributed by atoms with Gasteiger partial charge in [0.1, 0.15) is 0 Å². The largest absolute Gasteiger partial charge is 0.295 e. The summed E-state index contributed by atoms with van der Waals surface area (Å²) in [5.74, 6) is 0.143. The number of pyridine rings is 1. The molecule has 0 saturated carbocycles. The van der Waals surface area contributed by atoms with Crippen molar-refractivity contribution in [2.75, 3.05) is 19.8 Å². The van der Waals surface area contributed by atoms with E-state index in [0.717, 1.165) is 17.7 Å². The van der Waals surface area contributed by atoms with Crippen molar-refractivity contribution in [2.24, 2.45) is 0 Å². The standard InChI is InChI=1S/C16H18N2OS/c1-18(11-13-4-3-9-17-10-13)12-16(19)14-5-7-15(20-2)8-6-14/h3-10H,11-12H2,1-2H3. The average Bonchev–Trinajstić information content (AvgIpc) is 2.48. The number of carbonyl (C=O) groups excluding carboxylic acids is 1. The van der Waals surface area contributed by atoms with Gasteiger partial charge in [-0.3, -0.25) is 14.7 Å². The minimum absolute atomic E-state index is 0.143. The molecule has 2 aromatic rings. The zero-order valence-corrected chi connectivity index (χ0v) is 12.6. The van der Waals surface area contributed by atoms with Crippen LogP contribution < -0.4 is 0 Å². The van der Waals surface area contributed by atoms with E-state index in [-0.39, 0.29) is 5.78 Å².